The zero-order valence-corrected chi connectivity index (χ0v) is 12.5. The van der Waals surface area contributed by atoms with Gasteiger partial charge in [0.1, 0.15) is 0 Å². The second-order valence-corrected chi connectivity index (χ2v) is 5.63. The van der Waals surface area contributed by atoms with Gasteiger partial charge < -0.3 is 9.64 Å². The summed E-state index contributed by atoms with van der Waals surface area (Å²) >= 11 is 4.69. The number of hydrogen-bond acceptors (Lipinski definition) is 5. The molecule has 2 aliphatic heterocycles. The number of piperazine rings is 1. The van der Waals surface area contributed by atoms with Gasteiger partial charge in [0, 0.05) is 31.9 Å². The van der Waals surface area contributed by atoms with Crippen molar-refractivity contribution < 1.29 is 4.74 Å². The van der Waals surface area contributed by atoms with Gasteiger partial charge in [0.25, 0.3) is 0 Å². The molecule has 2 saturated heterocycles. The van der Waals surface area contributed by atoms with E-state index in [0.717, 1.165) is 45.1 Å². The highest BCUT2D eigenvalue weighted by Gasteiger charge is 2.28. The minimum Gasteiger partial charge on any atom is -0.378 e. The van der Waals surface area contributed by atoms with Gasteiger partial charge in [-0.15, -0.1) is 0 Å². The first-order chi connectivity index (χ1) is 9.76. The van der Waals surface area contributed by atoms with E-state index < -0.39 is 0 Å². The van der Waals surface area contributed by atoms with Crippen molar-refractivity contribution in [1.82, 2.24) is 4.90 Å². The van der Waals surface area contributed by atoms with E-state index in [-0.39, 0.29) is 0 Å². The second kappa shape index (κ2) is 6.02. The summed E-state index contributed by atoms with van der Waals surface area (Å²) in [5, 5.41) is 2.45. The predicted molar refractivity (Wildman–Crippen MR) is 84.3 cm³/mol. The van der Waals surface area contributed by atoms with E-state index in [1.807, 2.05) is 6.07 Å². The lowest BCUT2D eigenvalue weighted by molar-refractivity contribution is -0.0660. The zero-order chi connectivity index (χ0) is 13.9. The van der Waals surface area contributed by atoms with Gasteiger partial charge in [-0.05, 0) is 42.9 Å². The summed E-state index contributed by atoms with van der Waals surface area (Å²) in [6.07, 6.45) is 0. The number of ether oxygens (including phenoxy) is 1. The fourth-order valence-corrected chi connectivity index (χ4v) is 2.93. The third kappa shape index (κ3) is 2.91. The number of hydrogen-bond donors (Lipinski definition) is 0. The molecule has 0 unspecified atom stereocenters. The van der Waals surface area contributed by atoms with Crippen LogP contribution >= 0.6 is 12.2 Å². The highest BCUT2D eigenvalue weighted by molar-refractivity contribution is 7.78. The van der Waals surface area contributed by atoms with Gasteiger partial charge in [0.05, 0.1) is 30.1 Å². The van der Waals surface area contributed by atoms with Crippen molar-refractivity contribution in [3.8, 4) is 0 Å². The lowest BCUT2D eigenvalue weighted by atomic mass is 10.1. The van der Waals surface area contributed by atoms with Crippen LogP contribution in [0, 0.1) is 6.92 Å². The molecule has 4 nitrogen and oxygen atoms in total. The van der Waals surface area contributed by atoms with Gasteiger partial charge in [0.15, 0.2) is 0 Å². The molecule has 5 heteroatoms. The van der Waals surface area contributed by atoms with Crippen molar-refractivity contribution >= 4 is 28.8 Å². The maximum Gasteiger partial charge on any atom is 0.0762 e. The summed E-state index contributed by atoms with van der Waals surface area (Å²) in [5.74, 6) is 0. The summed E-state index contributed by atoms with van der Waals surface area (Å²) in [6.45, 7) is 8.21. The van der Waals surface area contributed by atoms with Crippen molar-refractivity contribution in [2.24, 2.45) is 4.99 Å². The Kier molecular flexibility index (Phi) is 4.13. The topological polar surface area (TPSA) is 28.1 Å². The molecule has 0 atom stereocenters. The third-order valence-corrected chi connectivity index (χ3v) is 4.13. The minimum atomic E-state index is 0.643. The molecule has 0 N–H and O–H groups in total. The fraction of sp³-hybridized carbons (Fsp3) is 0.533. The Hall–Kier alpha value is -1.26. The molecule has 1 aromatic rings. The molecule has 0 radical (unpaired) electrons. The van der Waals surface area contributed by atoms with E-state index in [4.69, 9.17) is 17.0 Å². The second-order valence-electron chi connectivity index (χ2n) is 5.44. The predicted octanol–water partition coefficient (Wildman–Crippen LogP) is 2.25. The van der Waals surface area contributed by atoms with Crippen LogP contribution in [0.3, 0.4) is 0 Å². The first-order valence-corrected chi connectivity index (χ1v) is 7.43. The Bertz CT molecular complexity index is 530. The van der Waals surface area contributed by atoms with Crippen LogP contribution < -0.4 is 4.90 Å². The molecule has 0 spiro atoms. The largest absolute Gasteiger partial charge is 0.378 e. The maximum atomic E-state index is 5.27. The Morgan fingerprint density at radius 1 is 1.20 bits per heavy atom. The van der Waals surface area contributed by atoms with Crippen molar-refractivity contribution in [3.05, 3.63) is 23.8 Å². The molecular formula is C15H19N3OS. The first kappa shape index (κ1) is 13.7. The lowest BCUT2D eigenvalue weighted by Crippen LogP contribution is -2.56. The normalized spacial score (nSPS) is 20.4. The number of benzene rings is 1. The number of rotatable bonds is 3. The summed E-state index contributed by atoms with van der Waals surface area (Å²) in [4.78, 5) is 9.06. The molecule has 106 valence electrons. The van der Waals surface area contributed by atoms with Crippen LogP contribution in [-0.4, -0.2) is 55.5 Å². The van der Waals surface area contributed by atoms with E-state index in [0.29, 0.717) is 6.04 Å². The standard InChI is InChI=1S/C15H19N3OS/c1-12-6-13(16-11-20)8-14(7-12)17-2-4-18(5-3-17)15-9-19-10-15/h6-8,15H,2-5,9-10H2,1H3. The van der Waals surface area contributed by atoms with Gasteiger partial charge in [0.2, 0.25) is 0 Å². The highest BCUT2D eigenvalue weighted by Crippen LogP contribution is 2.25. The van der Waals surface area contributed by atoms with E-state index >= 15 is 0 Å². The molecule has 20 heavy (non-hydrogen) atoms. The molecule has 2 fully saturated rings. The average Bonchev–Trinajstić information content (AvgIpc) is 2.37. The van der Waals surface area contributed by atoms with Crippen LogP contribution in [0.15, 0.2) is 23.2 Å². The number of aryl methyl sites for hydroxylation is 1. The summed E-state index contributed by atoms with van der Waals surface area (Å²) in [5.41, 5.74) is 3.34. The molecule has 3 rings (SSSR count). The van der Waals surface area contributed by atoms with E-state index in [1.54, 1.807) is 0 Å². The molecule has 0 saturated carbocycles. The van der Waals surface area contributed by atoms with Crippen LogP contribution in [0.4, 0.5) is 11.4 Å². The van der Waals surface area contributed by atoms with E-state index in [1.165, 1.54) is 11.3 Å². The van der Waals surface area contributed by atoms with Crippen molar-refractivity contribution in [1.29, 1.82) is 0 Å². The van der Waals surface area contributed by atoms with Crippen molar-refractivity contribution in [3.63, 3.8) is 0 Å². The Morgan fingerprint density at radius 2 is 1.95 bits per heavy atom. The highest BCUT2D eigenvalue weighted by atomic mass is 32.1. The zero-order valence-electron chi connectivity index (χ0n) is 11.7. The molecule has 0 aromatic heterocycles. The van der Waals surface area contributed by atoms with E-state index in [2.05, 4.69) is 39.0 Å². The Balaban J connectivity index is 1.69. The van der Waals surface area contributed by atoms with Crippen LogP contribution in [-0.2, 0) is 4.74 Å². The monoisotopic (exact) mass is 289 g/mol. The van der Waals surface area contributed by atoms with Crippen LogP contribution in [0.5, 0.6) is 0 Å². The number of thiocarbonyl (C=S) groups is 1. The molecule has 0 bridgehead atoms. The number of nitrogens with zero attached hydrogens (tertiary/aromatic N) is 3. The van der Waals surface area contributed by atoms with Crippen molar-refractivity contribution in [2.45, 2.75) is 13.0 Å². The first-order valence-electron chi connectivity index (χ1n) is 7.02. The average molecular weight is 289 g/mol. The van der Waals surface area contributed by atoms with Crippen LogP contribution in [0.1, 0.15) is 5.56 Å². The van der Waals surface area contributed by atoms with Crippen LogP contribution in [0.2, 0.25) is 0 Å². The Labute approximate surface area is 125 Å². The quantitative estimate of drug-likeness (QED) is 0.630. The van der Waals surface area contributed by atoms with Gasteiger partial charge in [-0.25, -0.2) is 0 Å². The smallest absolute Gasteiger partial charge is 0.0762 e. The fourth-order valence-electron chi connectivity index (χ4n) is 2.82. The van der Waals surface area contributed by atoms with Crippen LogP contribution in [0.25, 0.3) is 0 Å². The molecule has 2 aliphatic rings. The number of aliphatic imine (C=N–C) groups is 1. The van der Waals surface area contributed by atoms with E-state index in [9.17, 15) is 0 Å². The SMILES string of the molecule is Cc1cc(N=C=S)cc(N2CCN(C3COC3)CC2)c1. The molecule has 2 heterocycles. The summed E-state index contributed by atoms with van der Waals surface area (Å²) < 4.78 is 5.27. The van der Waals surface area contributed by atoms with Gasteiger partial charge in [-0.1, -0.05) is 0 Å². The third-order valence-electron chi connectivity index (χ3n) is 4.04. The summed E-state index contributed by atoms with van der Waals surface area (Å²) in [6, 6.07) is 6.98. The Morgan fingerprint density at radius 3 is 2.55 bits per heavy atom. The minimum absolute atomic E-state index is 0.643. The summed E-state index contributed by atoms with van der Waals surface area (Å²) in [7, 11) is 0. The molecule has 0 aliphatic carbocycles. The van der Waals surface area contributed by atoms with Gasteiger partial charge in [-0.3, -0.25) is 4.90 Å². The van der Waals surface area contributed by atoms with Gasteiger partial charge in [-0.2, -0.15) is 4.99 Å². The lowest BCUT2D eigenvalue weighted by Gasteiger charge is -2.43. The maximum absolute atomic E-state index is 5.27. The molecule has 1 aromatic carbocycles. The number of isothiocyanates is 1. The molecular weight excluding hydrogens is 270 g/mol. The number of anilines is 1. The molecule has 0 amide bonds. The van der Waals surface area contributed by atoms with Crippen molar-refractivity contribution in [2.75, 3.05) is 44.3 Å². The van der Waals surface area contributed by atoms with Gasteiger partial charge >= 0.3 is 0 Å².